The second-order valence-corrected chi connectivity index (χ2v) is 8.22. The van der Waals surface area contributed by atoms with Gasteiger partial charge in [0.15, 0.2) is 0 Å². The largest absolute Gasteiger partial charge is 0.368 e. The van der Waals surface area contributed by atoms with Gasteiger partial charge >= 0.3 is 5.69 Å². The zero-order valence-corrected chi connectivity index (χ0v) is 17.3. The number of carbonyl (C=O) groups is 2. The molecular formula is C20H22N6O3S. The van der Waals surface area contributed by atoms with Crippen molar-refractivity contribution in [1.29, 1.82) is 0 Å². The van der Waals surface area contributed by atoms with E-state index < -0.39 is 11.1 Å². The molecule has 9 nitrogen and oxygen atoms in total. The highest BCUT2D eigenvalue weighted by Crippen LogP contribution is 2.43. The van der Waals surface area contributed by atoms with Crippen LogP contribution >= 0.6 is 11.3 Å². The zero-order chi connectivity index (χ0) is 21.1. The van der Waals surface area contributed by atoms with Gasteiger partial charge in [-0.1, -0.05) is 18.9 Å². The molecule has 0 saturated heterocycles. The number of nitrogens with zero attached hydrogens (tertiary/aromatic N) is 4. The molecule has 1 aliphatic rings. The number of thiophene rings is 1. The number of anilines is 1. The van der Waals surface area contributed by atoms with Gasteiger partial charge in [-0.15, -0.1) is 11.3 Å². The van der Waals surface area contributed by atoms with Crippen LogP contribution in [0.3, 0.4) is 0 Å². The van der Waals surface area contributed by atoms with Crippen LogP contribution in [0, 0.1) is 0 Å². The average molecular weight is 427 g/mol. The van der Waals surface area contributed by atoms with E-state index in [9.17, 15) is 14.4 Å². The molecule has 2 amide bonds. The Morgan fingerprint density at radius 1 is 1.13 bits per heavy atom. The monoisotopic (exact) mass is 426 g/mol. The first kappa shape index (κ1) is 20.0. The SMILES string of the molecule is CNC(=O)Cn1nnn(-c2ccc(NC(=O)C3(c4cccs4)CCCC3)cc2)c1=O. The summed E-state index contributed by atoms with van der Waals surface area (Å²) in [7, 11) is 1.49. The number of hydrogen-bond acceptors (Lipinski definition) is 6. The van der Waals surface area contributed by atoms with Crippen LogP contribution in [0.4, 0.5) is 5.69 Å². The van der Waals surface area contributed by atoms with E-state index in [4.69, 9.17) is 0 Å². The van der Waals surface area contributed by atoms with E-state index in [1.165, 1.54) is 7.05 Å². The summed E-state index contributed by atoms with van der Waals surface area (Å²) in [4.78, 5) is 38.1. The van der Waals surface area contributed by atoms with E-state index in [-0.39, 0.29) is 18.4 Å². The fraction of sp³-hybridized carbons (Fsp3) is 0.350. The van der Waals surface area contributed by atoms with Gasteiger partial charge in [-0.3, -0.25) is 9.59 Å². The lowest BCUT2D eigenvalue weighted by Gasteiger charge is -2.26. The predicted molar refractivity (Wildman–Crippen MR) is 113 cm³/mol. The van der Waals surface area contributed by atoms with Gasteiger partial charge in [0, 0.05) is 17.6 Å². The Balaban J connectivity index is 1.51. The van der Waals surface area contributed by atoms with Gasteiger partial charge in [-0.25, -0.2) is 4.79 Å². The highest BCUT2D eigenvalue weighted by atomic mass is 32.1. The molecule has 0 bridgehead atoms. The van der Waals surface area contributed by atoms with Crippen LogP contribution in [0.2, 0.25) is 0 Å². The molecule has 0 atom stereocenters. The lowest BCUT2D eigenvalue weighted by atomic mass is 9.83. The minimum absolute atomic E-state index is 0.00360. The fourth-order valence-electron chi connectivity index (χ4n) is 3.80. The van der Waals surface area contributed by atoms with Gasteiger partial charge < -0.3 is 10.6 Å². The van der Waals surface area contributed by atoms with Gasteiger partial charge in [0.2, 0.25) is 11.8 Å². The Bertz CT molecular complexity index is 1090. The zero-order valence-electron chi connectivity index (χ0n) is 16.5. The van der Waals surface area contributed by atoms with Gasteiger partial charge in [0.25, 0.3) is 0 Å². The number of hydrogen-bond donors (Lipinski definition) is 2. The summed E-state index contributed by atoms with van der Waals surface area (Å²) in [6.45, 7) is -0.200. The summed E-state index contributed by atoms with van der Waals surface area (Å²) in [6, 6.07) is 10.8. The standard InChI is InChI=1S/C20H22N6O3S/c1-21-17(27)13-25-19(29)26(24-23-25)15-8-6-14(7-9-15)22-18(28)20(10-2-3-11-20)16-5-4-12-30-16/h4-9,12H,2-3,10-11,13H2,1H3,(H,21,27)(H,22,28). The molecule has 2 aromatic heterocycles. The summed E-state index contributed by atoms with van der Waals surface area (Å²) >= 11 is 1.62. The first-order chi connectivity index (χ1) is 14.5. The summed E-state index contributed by atoms with van der Waals surface area (Å²) in [5.41, 5.74) is 0.164. The van der Waals surface area contributed by atoms with Crippen molar-refractivity contribution in [3.8, 4) is 5.69 Å². The van der Waals surface area contributed by atoms with E-state index in [2.05, 4.69) is 21.1 Å². The average Bonchev–Trinajstić information content (AvgIpc) is 3.51. The molecular weight excluding hydrogens is 404 g/mol. The normalized spacial score (nSPS) is 15.1. The first-order valence-electron chi connectivity index (χ1n) is 9.73. The lowest BCUT2D eigenvalue weighted by Crippen LogP contribution is -2.37. The maximum absolute atomic E-state index is 13.2. The number of carbonyl (C=O) groups excluding carboxylic acids is 2. The van der Waals surface area contributed by atoms with Gasteiger partial charge in [-0.05, 0) is 59.0 Å². The molecule has 0 aliphatic heterocycles. The summed E-state index contributed by atoms with van der Waals surface area (Å²) in [5.74, 6) is -0.335. The Morgan fingerprint density at radius 2 is 1.87 bits per heavy atom. The number of aromatic nitrogens is 4. The third-order valence-electron chi connectivity index (χ3n) is 5.47. The molecule has 1 aliphatic carbocycles. The van der Waals surface area contributed by atoms with Gasteiger partial charge in [0.1, 0.15) is 6.54 Å². The second-order valence-electron chi connectivity index (χ2n) is 7.27. The van der Waals surface area contributed by atoms with Crippen molar-refractivity contribution in [2.24, 2.45) is 0 Å². The summed E-state index contributed by atoms with van der Waals surface area (Å²) in [5, 5.41) is 15.0. The van der Waals surface area contributed by atoms with E-state index in [0.717, 1.165) is 39.9 Å². The van der Waals surface area contributed by atoms with Crippen molar-refractivity contribution < 1.29 is 9.59 Å². The van der Waals surface area contributed by atoms with Crippen LogP contribution in [0.5, 0.6) is 0 Å². The van der Waals surface area contributed by atoms with Crippen molar-refractivity contribution in [2.75, 3.05) is 12.4 Å². The molecule has 3 aromatic rings. The highest BCUT2D eigenvalue weighted by molar-refractivity contribution is 7.10. The van der Waals surface area contributed by atoms with Crippen LogP contribution in [0.15, 0.2) is 46.6 Å². The van der Waals surface area contributed by atoms with Crippen molar-refractivity contribution in [2.45, 2.75) is 37.6 Å². The molecule has 10 heteroatoms. The molecule has 0 radical (unpaired) electrons. The summed E-state index contributed by atoms with van der Waals surface area (Å²) < 4.78 is 2.10. The molecule has 2 heterocycles. The third kappa shape index (κ3) is 3.65. The van der Waals surface area contributed by atoms with Crippen LogP contribution in [-0.4, -0.2) is 38.7 Å². The Labute approximate surface area is 176 Å². The topological polar surface area (TPSA) is 111 Å². The number of benzene rings is 1. The number of likely N-dealkylation sites (N-methyl/N-ethyl adjacent to an activating group) is 1. The van der Waals surface area contributed by atoms with Crippen molar-refractivity contribution in [3.05, 3.63) is 57.1 Å². The molecule has 1 fully saturated rings. The van der Waals surface area contributed by atoms with Gasteiger partial charge in [0.05, 0.1) is 11.1 Å². The minimum Gasteiger partial charge on any atom is -0.358 e. The molecule has 1 aromatic carbocycles. The number of rotatable bonds is 6. The molecule has 0 unspecified atom stereocenters. The maximum Gasteiger partial charge on any atom is 0.368 e. The van der Waals surface area contributed by atoms with E-state index >= 15 is 0 Å². The molecule has 2 N–H and O–H groups in total. The number of amides is 2. The third-order valence-corrected chi connectivity index (χ3v) is 6.54. The Hall–Kier alpha value is -3.27. The Kier molecular flexibility index (Phi) is 5.49. The Morgan fingerprint density at radius 3 is 2.50 bits per heavy atom. The van der Waals surface area contributed by atoms with E-state index in [1.807, 2.05) is 17.5 Å². The molecule has 156 valence electrons. The first-order valence-corrected chi connectivity index (χ1v) is 10.6. The molecule has 0 spiro atoms. The molecule has 4 rings (SSSR count). The van der Waals surface area contributed by atoms with E-state index in [1.54, 1.807) is 35.6 Å². The maximum atomic E-state index is 13.2. The minimum atomic E-state index is -0.516. The molecule has 1 saturated carbocycles. The predicted octanol–water partition coefficient (Wildman–Crippen LogP) is 1.69. The van der Waals surface area contributed by atoms with Gasteiger partial charge in [-0.2, -0.15) is 9.36 Å². The van der Waals surface area contributed by atoms with Crippen molar-refractivity contribution in [3.63, 3.8) is 0 Å². The summed E-state index contributed by atoms with van der Waals surface area (Å²) in [6.07, 6.45) is 3.78. The van der Waals surface area contributed by atoms with Crippen LogP contribution in [0.25, 0.3) is 5.69 Å². The van der Waals surface area contributed by atoms with Crippen LogP contribution in [0.1, 0.15) is 30.6 Å². The van der Waals surface area contributed by atoms with Crippen LogP contribution in [-0.2, 0) is 21.5 Å². The number of tetrazole rings is 1. The highest BCUT2D eigenvalue weighted by Gasteiger charge is 2.43. The second kappa shape index (κ2) is 8.23. The van der Waals surface area contributed by atoms with E-state index in [0.29, 0.717) is 11.4 Å². The molecule has 30 heavy (non-hydrogen) atoms. The van der Waals surface area contributed by atoms with Crippen molar-refractivity contribution in [1.82, 2.24) is 25.1 Å². The van der Waals surface area contributed by atoms with Crippen LogP contribution < -0.4 is 16.3 Å². The smallest absolute Gasteiger partial charge is 0.358 e. The lowest BCUT2D eigenvalue weighted by molar-refractivity contribution is -0.122. The van der Waals surface area contributed by atoms with Crippen molar-refractivity contribution >= 4 is 28.8 Å². The number of nitrogens with one attached hydrogen (secondary N) is 2. The quantitative estimate of drug-likeness (QED) is 0.623. The fourth-order valence-corrected chi connectivity index (χ4v) is 4.79.